The number of likely N-dealkylation sites (N-methyl/N-ethyl adjacent to an activating group) is 1. The summed E-state index contributed by atoms with van der Waals surface area (Å²) in [6.07, 6.45) is -1.73. The van der Waals surface area contributed by atoms with Gasteiger partial charge in [0.25, 0.3) is 5.91 Å². The lowest BCUT2D eigenvalue weighted by molar-refractivity contribution is -0.274. The highest BCUT2D eigenvalue weighted by atomic mass is 19.4. The number of benzene rings is 2. The van der Waals surface area contributed by atoms with Crippen LogP contribution in [0.15, 0.2) is 42.5 Å². The second-order valence-electron chi connectivity index (χ2n) is 10.0. The number of hydrogen-bond donors (Lipinski definition) is 1. The summed E-state index contributed by atoms with van der Waals surface area (Å²) in [6.45, 7) is 4.27. The van der Waals surface area contributed by atoms with E-state index < -0.39 is 12.3 Å². The average Bonchev–Trinajstić information content (AvgIpc) is 3.20. The lowest BCUT2D eigenvalue weighted by atomic mass is 9.80. The molecule has 204 valence electrons. The third kappa shape index (κ3) is 6.38. The van der Waals surface area contributed by atoms with Crippen LogP contribution in [0.3, 0.4) is 0 Å². The van der Waals surface area contributed by atoms with Gasteiger partial charge in [0.1, 0.15) is 12.3 Å². The Hall–Kier alpha value is -3.76. The van der Waals surface area contributed by atoms with E-state index in [9.17, 15) is 22.8 Å². The second kappa shape index (κ2) is 10.9. The van der Waals surface area contributed by atoms with Crippen LogP contribution in [0, 0.1) is 11.8 Å². The molecule has 1 aromatic heterocycles. The van der Waals surface area contributed by atoms with Crippen LogP contribution in [0.4, 0.5) is 24.8 Å². The first kappa shape index (κ1) is 27.3. The maximum atomic E-state index is 12.9. The Bertz CT molecular complexity index is 1300. The van der Waals surface area contributed by atoms with Crippen LogP contribution in [-0.4, -0.2) is 53.4 Å². The number of alkyl halides is 3. The van der Waals surface area contributed by atoms with E-state index in [2.05, 4.69) is 33.2 Å². The molecule has 1 aliphatic rings. The number of carbonyl (C=O) groups is 2. The van der Waals surface area contributed by atoms with Crippen molar-refractivity contribution in [1.82, 2.24) is 14.5 Å². The summed E-state index contributed by atoms with van der Waals surface area (Å²) in [7, 11) is 2.78. The summed E-state index contributed by atoms with van der Waals surface area (Å²) in [6, 6.07) is 10.8. The van der Waals surface area contributed by atoms with E-state index in [1.54, 1.807) is 12.1 Å². The molecule has 0 radical (unpaired) electrons. The molecule has 4 rings (SSSR count). The summed E-state index contributed by atoms with van der Waals surface area (Å²) < 4.78 is 48.4. The largest absolute Gasteiger partial charge is 0.573 e. The molecule has 2 aromatic carbocycles. The van der Waals surface area contributed by atoms with Gasteiger partial charge in [-0.15, -0.1) is 13.2 Å². The van der Waals surface area contributed by atoms with Crippen molar-refractivity contribution in [1.29, 1.82) is 0 Å². The van der Waals surface area contributed by atoms with E-state index in [0.717, 1.165) is 24.8 Å². The van der Waals surface area contributed by atoms with Gasteiger partial charge in [0, 0.05) is 24.3 Å². The Kier molecular flexibility index (Phi) is 7.84. The molecule has 0 spiro atoms. The number of methoxy groups -OCH3 is 1. The van der Waals surface area contributed by atoms with Crippen LogP contribution in [0.1, 0.15) is 49.5 Å². The standard InChI is InChI=1S/C27H31F3N4O4/c1-16-11-17(2)13-20(12-16)34-23-10-5-18(25(36)33(3)15-24(35)37-4)14-22(23)32-26(34)31-19-6-8-21(9-7-19)38-27(28,29)30/h5-10,14,16-17,20H,11-13,15H2,1-4H3,(H,31,32)/t16-,17?,20?/m1/s1. The minimum atomic E-state index is -4.77. The van der Waals surface area contributed by atoms with Gasteiger partial charge in [0.05, 0.1) is 18.1 Å². The molecule has 1 aliphatic carbocycles. The predicted octanol–water partition coefficient (Wildman–Crippen LogP) is 5.92. The number of hydrogen-bond acceptors (Lipinski definition) is 6. The van der Waals surface area contributed by atoms with Crippen LogP contribution < -0.4 is 10.1 Å². The Morgan fingerprint density at radius 3 is 2.34 bits per heavy atom. The molecule has 11 heteroatoms. The summed E-state index contributed by atoms with van der Waals surface area (Å²) in [4.78, 5) is 30.6. The first-order chi connectivity index (χ1) is 17.9. The number of nitrogens with one attached hydrogen (secondary N) is 1. The molecule has 38 heavy (non-hydrogen) atoms. The van der Waals surface area contributed by atoms with Crippen molar-refractivity contribution < 1.29 is 32.2 Å². The zero-order valence-corrected chi connectivity index (χ0v) is 21.7. The maximum absolute atomic E-state index is 12.9. The molecule has 0 aliphatic heterocycles. The van der Waals surface area contributed by atoms with Gasteiger partial charge in [-0.25, -0.2) is 4.98 Å². The van der Waals surface area contributed by atoms with Crippen LogP contribution in [-0.2, 0) is 9.53 Å². The third-order valence-corrected chi connectivity index (χ3v) is 6.74. The van der Waals surface area contributed by atoms with Gasteiger partial charge in [-0.05, 0) is 73.6 Å². The summed E-state index contributed by atoms with van der Waals surface area (Å²) >= 11 is 0. The van der Waals surface area contributed by atoms with E-state index in [1.807, 2.05) is 6.07 Å². The smallest absolute Gasteiger partial charge is 0.468 e. The van der Waals surface area contributed by atoms with Crippen LogP contribution >= 0.6 is 0 Å². The number of imidazole rings is 1. The van der Waals surface area contributed by atoms with Gasteiger partial charge in [-0.3, -0.25) is 9.59 Å². The SMILES string of the molecule is COC(=O)CN(C)C(=O)c1ccc2c(c1)nc(Nc1ccc(OC(F)(F)F)cc1)n2C1CC(C)C[C@@H](C)C1. The van der Waals surface area contributed by atoms with Crippen molar-refractivity contribution >= 4 is 34.5 Å². The molecule has 1 N–H and O–H groups in total. The van der Waals surface area contributed by atoms with Crippen molar-refractivity contribution in [3.63, 3.8) is 0 Å². The number of carbonyl (C=O) groups excluding carboxylic acids is 2. The zero-order valence-electron chi connectivity index (χ0n) is 21.7. The fourth-order valence-electron chi connectivity index (χ4n) is 5.22. The lowest BCUT2D eigenvalue weighted by Crippen LogP contribution is -2.32. The van der Waals surface area contributed by atoms with Gasteiger partial charge in [0.15, 0.2) is 0 Å². The molecule has 8 nitrogen and oxygen atoms in total. The van der Waals surface area contributed by atoms with E-state index >= 15 is 0 Å². The van der Waals surface area contributed by atoms with Crippen molar-refractivity contribution in [2.24, 2.45) is 11.8 Å². The highest BCUT2D eigenvalue weighted by molar-refractivity contribution is 5.99. The maximum Gasteiger partial charge on any atom is 0.573 e. The highest BCUT2D eigenvalue weighted by Gasteiger charge is 2.31. The second-order valence-corrected chi connectivity index (χ2v) is 10.0. The van der Waals surface area contributed by atoms with E-state index in [-0.39, 0.29) is 24.2 Å². The van der Waals surface area contributed by atoms with Gasteiger partial charge in [-0.1, -0.05) is 13.8 Å². The molecule has 2 unspecified atom stereocenters. The van der Waals surface area contributed by atoms with Crippen LogP contribution in [0.25, 0.3) is 11.0 Å². The number of anilines is 2. The molecular weight excluding hydrogens is 501 g/mol. The zero-order chi connectivity index (χ0) is 27.6. The predicted molar refractivity (Wildman–Crippen MR) is 136 cm³/mol. The van der Waals surface area contributed by atoms with Crippen molar-refractivity contribution in [2.75, 3.05) is 26.0 Å². The molecule has 1 heterocycles. The molecular formula is C27H31F3N4O4. The van der Waals surface area contributed by atoms with Gasteiger partial charge < -0.3 is 24.3 Å². The molecule has 1 saturated carbocycles. The van der Waals surface area contributed by atoms with Gasteiger partial charge >= 0.3 is 12.3 Å². The number of aromatic nitrogens is 2. The third-order valence-electron chi connectivity index (χ3n) is 6.74. The van der Waals surface area contributed by atoms with Crippen molar-refractivity contribution in [2.45, 2.75) is 45.5 Å². The number of nitrogens with zero attached hydrogens (tertiary/aromatic N) is 3. The molecule has 1 fully saturated rings. The summed E-state index contributed by atoms with van der Waals surface area (Å²) in [5, 5.41) is 3.24. The molecule has 3 aromatic rings. The van der Waals surface area contributed by atoms with E-state index in [0.29, 0.717) is 34.6 Å². The Balaban J connectivity index is 1.69. The Morgan fingerprint density at radius 1 is 1.08 bits per heavy atom. The quantitative estimate of drug-likeness (QED) is 0.380. The fraction of sp³-hybridized carbons (Fsp3) is 0.444. The summed E-state index contributed by atoms with van der Waals surface area (Å²) in [5.41, 5.74) is 2.34. The minimum Gasteiger partial charge on any atom is -0.468 e. The van der Waals surface area contributed by atoms with Gasteiger partial charge in [-0.2, -0.15) is 0 Å². The van der Waals surface area contributed by atoms with Crippen molar-refractivity contribution in [3.05, 3.63) is 48.0 Å². The molecule has 3 atom stereocenters. The molecule has 0 bridgehead atoms. The van der Waals surface area contributed by atoms with E-state index in [4.69, 9.17) is 4.98 Å². The number of fused-ring (bicyclic) bond motifs is 1. The number of amides is 1. The first-order valence-corrected chi connectivity index (χ1v) is 12.4. The molecule has 0 saturated heterocycles. The Labute approximate surface area is 218 Å². The van der Waals surface area contributed by atoms with Crippen LogP contribution in [0.2, 0.25) is 0 Å². The van der Waals surface area contributed by atoms with E-state index in [1.165, 1.54) is 43.3 Å². The number of halogens is 3. The Morgan fingerprint density at radius 2 is 1.74 bits per heavy atom. The molecule has 1 amide bonds. The fourth-order valence-corrected chi connectivity index (χ4v) is 5.22. The normalized spacial score (nSPS) is 19.7. The minimum absolute atomic E-state index is 0.151. The van der Waals surface area contributed by atoms with Crippen molar-refractivity contribution in [3.8, 4) is 5.75 Å². The monoisotopic (exact) mass is 532 g/mol. The highest BCUT2D eigenvalue weighted by Crippen LogP contribution is 2.40. The first-order valence-electron chi connectivity index (χ1n) is 12.4. The number of ether oxygens (including phenoxy) is 2. The topological polar surface area (TPSA) is 85.7 Å². The van der Waals surface area contributed by atoms with Gasteiger partial charge in [0.2, 0.25) is 5.95 Å². The summed E-state index contributed by atoms with van der Waals surface area (Å²) in [5.74, 6) is 0.377. The number of esters is 1. The average molecular weight is 533 g/mol. The lowest BCUT2D eigenvalue weighted by Gasteiger charge is -2.33. The van der Waals surface area contributed by atoms with Crippen LogP contribution in [0.5, 0.6) is 5.75 Å². The number of rotatable bonds is 7.